The molecule has 1 fully saturated rings. The monoisotopic (exact) mass is 246 g/mol. The zero-order valence-electron chi connectivity index (χ0n) is 9.09. The highest BCUT2D eigenvalue weighted by Crippen LogP contribution is 2.27. The number of anilines is 1. The van der Waals surface area contributed by atoms with Gasteiger partial charge in [-0.1, -0.05) is 0 Å². The van der Waals surface area contributed by atoms with E-state index >= 15 is 0 Å². The summed E-state index contributed by atoms with van der Waals surface area (Å²) in [6.07, 6.45) is -0.960. The number of hydrogen-bond donors (Lipinski definition) is 2. The van der Waals surface area contributed by atoms with Crippen LogP contribution in [0.4, 0.5) is 19.1 Å². The zero-order valence-corrected chi connectivity index (χ0v) is 9.09. The van der Waals surface area contributed by atoms with Crippen LogP contribution in [-0.4, -0.2) is 29.1 Å². The van der Waals surface area contributed by atoms with Crippen LogP contribution < -0.4 is 10.6 Å². The molecule has 1 aromatic heterocycles. The SMILES string of the molecule is FC(F)(F)c1ccnc(NCCNC2CC2)n1. The Morgan fingerprint density at radius 2 is 2.06 bits per heavy atom. The topological polar surface area (TPSA) is 49.8 Å². The van der Waals surface area contributed by atoms with E-state index in [-0.39, 0.29) is 5.95 Å². The molecule has 0 aliphatic heterocycles. The van der Waals surface area contributed by atoms with Gasteiger partial charge in [0.05, 0.1) is 0 Å². The molecule has 94 valence electrons. The second-order valence-corrected chi connectivity index (χ2v) is 3.92. The number of aromatic nitrogens is 2. The normalized spacial score (nSPS) is 15.9. The maximum atomic E-state index is 12.3. The van der Waals surface area contributed by atoms with Crippen molar-refractivity contribution in [2.75, 3.05) is 18.4 Å². The maximum absolute atomic E-state index is 12.3. The highest BCUT2D eigenvalue weighted by atomic mass is 19.4. The molecule has 0 aromatic carbocycles. The molecule has 0 bridgehead atoms. The molecule has 0 unspecified atom stereocenters. The molecule has 1 aliphatic carbocycles. The highest BCUT2D eigenvalue weighted by Gasteiger charge is 2.32. The summed E-state index contributed by atoms with van der Waals surface area (Å²) in [7, 11) is 0. The zero-order chi connectivity index (χ0) is 12.3. The summed E-state index contributed by atoms with van der Waals surface area (Å²) >= 11 is 0. The Morgan fingerprint density at radius 3 is 2.71 bits per heavy atom. The third-order valence-electron chi connectivity index (χ3n) is 2.36. The van der Waals surface area contributed by atoms with Crippen LogP contribution in [0.5, 0.6) is 0 Å². The van der Waals surface area contributed by atoms with Crippen molar-refractivity contribution in [3.63, 3.8) is 0 Å². The predicted octanol–water partition coefficient (Wildman–Crippen LogP) is 1.66. The number of nitrogens with zero attached hydrogens (tertiary/aromatic N) is 2. The van der Waals surface area contributed by atoms with E-state index in [2.05, 4.69) is 20.6 Å². The Morgan fingerprint density at radius 1 is 1.29 bits per heavy atom. The molecule has 0 spiro atoms. The Bertz CT molecular complexity index is 376. The summed E-state index contributed by atoms with van der Waals surface area (Å²) in [6.45, 7) is 1.21. The van der Waals surface area contributed by atoms with Crippen molar-refractivity contribution < 1.29 is 13.2 Å². The number of alkyl halides is 3. The number of rotatable bonds is 5. The van der Waals surface area contributed by atoms with Gasteiger partial charge in [-0.2, -0.15) is 13.2 Å². The molecule has 4 nitrogen and oxygen atoms in total. The van der Waals surface area contributed by atoms with Crippen LogP contribution >= 0.6 is 0 Å². The average molecular weight is 246 g/mol. The van der Waals surface area contributed by atoms with Crippen LogP contribution in [0, 0.1) is 0 Å². The van der Waals surface area contributed by atoms with Gasteiger partial charge in [0, 0.05) is 25.3 Å². The summed E-state index contributed by atoms with van der Waals surface area (Å²) < 4.78 is 37.0. The second-order valence-electron chi connectivity index (χ2n) is 3.92. The lowest BCUT2D eigenvalue weighted by Gasteiger charge is -2.08. The van der Waals surface area contributed by atoms with E-state index in [0.717, 1.165) is 12.3 Å². The van der Waals surface area contributed by atoms with Gasteiger partial charge in [-0.3, -0.25) is 0 Å². The van der Waals surface area contributed by atoms with E-state index < -0.39 is 11.9 Å². The van der Waals surface area contributed by atoms with E-state index in [9.17, 15) is 13.2 Å². The van der Waals surface area contributed by atoms with Gasteiger partial charge in [-0.25, -0.2) is 9.97 Å². The molecule has 1 aromatic rings. The fraction of sp³-hybridized carbons (Fsp3) is 0.600. The molecular weight excluding hydrogens is 233 g/mol. The van der Waals surface area contributed by atoms with Crippen molar-refractivity contribution in [3.8, 4) is 0 Å². The molecule has 0 atom stereocenters. The van der Waals surface area contributed by atoms with Gasteiger partial charge < -0.3 is 10.6 Å². The Balaban J connectivity index is 1.82. The van der Waals surface area contributed by atoms with Crippen molar-refractivity contribution in [2.45, 2.75) is 25.1 Å². The minimum absolute atomic E-state index is 0.0115. The van der Waals surface area contributed by atoms with Crippen LogP contribution in [0.25, 0.3) is 0 Å². The van der Waals surface area contributed by atoms with Crippen LogP contribution in [-0.2, 0) is 6.18 Å². The molecule has 1 saturated carbocycles. The maximum Gasteiger partial charge on any atom is 0.433 e. The third-order valence-corrected chi connectivity index (χ3v) is 2.36. The van der Waals surface area contributed by atoms with E-state index in [1.54, 1.807) is 0 Å². The van der Waals surface area contributed by atoms with Gasteiger partial charge in [-0.05, 0) is 18.9 Å². The molecular formula is C10H13F3N4. The van der Waals surface area contributed by atoms with Crippen LogP contribution in [0.1, 0.15) is 18.5 Å². The summed E-state index contributed by atoms with van der Waals surface area (Å²) in [5, 5.41) is 5.99. The van der Waals surface area contributed by atoms with Crippen LogP contribution in [0.3, 0.4) is 0 Å². The highest BCUT2D eigenvalue weighted by molar-refractivity contribution is 5.25. The fourth-order valence-corrected chi connectivity index (χ4v) is 1.34. The summed E-state index contributed by atoms with van der Waals surface area (Å²) in [6, 6.07) is 1.44. The van der Waals surface area contributed by atoms with Crippen molar-refractivity contribution in [3.05, 3.63) is 18.0 Å². The quantitative estimate of drug-likeness (QED) is 0.776. The minimum Gasteiger partial charge on any atom is -0.353 e. The lowest BCUT2D eigenvalue weighted by atomic mass is 10.4. The standard InChI is InChI=1S/C10H13F3N4/c11-10(12,13)8-3-4-15-9(17-8)16-6-5-14-7-1-2-7/h3-4,7,14H,1-2,5-6H2,(H,15,16,17). The van der Waals surface area contributed by atoms with Crippen molar-refractivity contribution in [2.24, 2.45) is 0 Å². The largest absolute Gasteiger partial charge is 0.433 e. The molecule has 1 aliphatic rings. The second kappa shape index (κ2) is 4.87. The van der Waals surface area contributed by atoms with Gasteiger partial charge in [0.25, 0.3) is 0 Å². The molecule has 0 saturated heterocycles. The Hall–Kier alpha value is -1.37. The van der Waals surface area contributed by atoms with Crippen LogP contribution in [0.15, 0.2) is 12.3 Å². The Kier molecular flexibility index (Phi) is 3.46. The van der Waals surface area contributed by atoms with Crippen molar-refractivity contribution in [1.29, 1.82) is 0 Å². The average Bonchev–Trinajstić information content (AvgIpc) is 3.08. The van der Waals surface area contributed by atoms with Gasteiger partial charge in [0.15, 0.2) is 0 Å². The van der Waals surface area contributed by atoms with Gasteiger partial charge in [0.1, 0.15) is 5.69 Å². The molecule has 2 rings (SSSR count). The number of halogens is 3. The fourth-order valence-electron chi connectivity index (χ4n) is 1.34. The lowest BCUT2D eigenvalue weighted by Crippen LogP contribution is -2.24. The molecule has 1 heterocycles. The number of nitrogens with one attached hydrogen (secondary N) is 2. The molecule has 0 amide bonds. The molecule has 17 heavy (non-hydrogen) atoms. The minimum atomic E-state index is -4.42. The first kappa shape index (κ1) is 12.1. The van der Waals surface area contributed by atoms with Crippen molar-refractivity contribution in [1.82, 2.24) is 15.3 Å². The first-order chi connectivity index (χ1) is 8.05. The van der Waals surface area contributed by atoms with Gasteiger partial charge in [0.2, 0.25) is 5.95 Å². The molecule has 2 N–H and O–H groups in total. The molecule has 7 heteroatoms. The van der Waals surface area contributed by atoms with Gasteiger partial charge >= 0.3 is 6.18 Å². The van der Waals surface area contributed by atoms with Crippen molar-refractivity contribution >= 4 is 5.95 Å². The lowest BCUT2D eigenvalue weighted by molar-refractivity contribution is -0.141. The van der Waals surface area contributed by atoms with E-state index in [4.69, 9.17) is 0 Å². The van der Waals surface area contributed by atoms with E-state index in [1.165, 1.54) is 12.8 Å². The van der Waals surface area contributed by atoms with Crippen LogP contribution in [0.2, 0.25) is 0 Å². The third kappa shape index (κ3) is 3.85. The summed E-state index contributed by atoms with van der Waals surface area (Å²) in [5.41, 5.74) is -0.926. The van der Waals surface area contributed by atoms with E-state index in [1.807, 2.05) is 0 Å². The first-order valence-corrected chi connectivity index (χ1v) is 5.43. The summed E-state index contributed by atoms with van der Waals surface area (Å²) in [4.78, 5) is 7.14. The Labute approximate surface area is 96.7 Å². The predicted molar refractivity (Wildman–Crippen MR) is 56.5 cm³/mol. The summed E-state index contributed by atoms with van der Waals surface area (Å²) in [5.74, 6) is 0.0115. The first-order valence-electron chi connectivity index (χ1n) is 5.43. The smallest absolute Gasteiger partial charge is 0.353 e. The van der Waals surface area contributed by atoms with Gasteiger partial charge in [-0.15, -0.1) is 0 Å². The number of hydrogen-bond acceptors (Lipinski definition) is 4. The van der Waals surface area contributed by atoms with E-state index in [0.29, 0.717) is 19.1 Å². The molecule has 0 radical (unpaired) electrons.